The van der Waals surface area contributed by atoms with Gasteiger partial charge in [-0.2, -0.15) is 0 Å². The van der Waals surface area contributed by atoms with Gasteiger partial charge in [0.2, 0.25) is 0 Å². The first-order valence-electron chi connectivity index (χ1n) is 6.31. The second kappa shape index (κ2) is 5.66. The summed E-state index contributed by atoms with van der Waals surface area (Å²) >= 11 is 0. The third-order valence-corrected chi connectivity index (χ3v) is 2.96. The molecule has 5 heteroatoms. The monoisotopic (exact) mass is 283 g/mol. The molecule has 0 atom stereocenters. The first-order valence-corrected chi connectivity index (χ1v) is 6.31. The van der Waals surface area contributed by atoms with E-state index in [0.29, 0.717) is 11.4 Å². The summed E-state index contributed by atoms with van der Waals surface area (Å²) in [5, 5.41) is 3.07. The van der Waals surface area contributed by atoms with E-state index in [1.165, 1.54) is 18.3 Å². The fourth-order valence-electron chi connectivity index (χ4n) is 1.94. The number of rotatable bonds is 3. The molecule has 2 heterocycles. The largest absolute Gasteiger partial charge is 0.339 e. The molecule has 0 radical (unpaired) electrons. The number of benzene rings is 1. The second-order valence-corrected chi connectivity index (χ2v) is 4.40. The van der Waals surface area contributed by atoms with E-state index >= 15 is 0 Å². The Morgan fingerprint density at radius 2 is 1.81 bits per heavy atom. The van der Waals surface area contributed by atoms with Crippen molar-refractivity contribution in [3.63, 3.8) is 0 Å². The van der Waals surface area contributed by atoms with Crippen LogP contribution in [0.5, 0.6) is 0 Å². The summed E-state index contributed by atoms with van der Waals surface area (Å²) in [4.78, 5) is 8.18. The van der Waals surface area contributed by atoms with Gasteiger partial charge in [0.1, 0.15) is 5.82 Å². The summed E-state index contributed by atoms with van der Waals surface area (Å²) < 4.78 is 26.9. The molecule has 0 aliphatic rings. The molecular formula is C16H11F2N3. The summed E-state index contributed by atoms with van der Waals surface area (Å²) in [7, 11) is 0. The maximum absolute atomic E-state index is 13.7. The van der Waals surface area contributed by atoms with Crippen LogP contribution in [0.25, 0.3) is 11.1 Å². The number of nitrogens with zero attached hydrogens (tertiary/aromatic N) is 2. The molecule has 0 fully saturated rings. The van der Waals surface area contributed by atoms with Gasteiger partial charge in [-0.05, 0) is 30.3 Å². The van der Waals surface area contributed by atoms with Crippen LogP contribution < -0.4 is 5.32 Å². The molecule has 3 nitrogen and oxygen atoms in total. The average Bonchev–Trinajstić information content (AvgIpc) is 2.52. The van der Waals surface area contributed by atoms with Crippen LogP contribution >= 0.6 is 0 Å². The second-order valence-electron chi connectivity index (χ2n) is 4.40. The molecule has 21 heavy (non-hydrogen) atoms. The maximum Gasteiger partial charge on any atom is 0.166 e. The lowest BCUT2D eigenvalue weighted by Crippen LogP contribution is -1.95. The van der Waals surface area contributed by atoms with E-state index in [-0.39, 0.29) is 5.56 Å². The van der Waals surface area contributed by atoms with Crippen molar-refractivity contribution in [3.05, 3.63) is 72.7 Å². The predicted molar refractivity (Wildman–Crippen MR) is 77.1 cm³/mol. The van der Waals surface area contributed by atoms with Crippen LogP contribution in [0.2, 0.25) is 0 Å². The third-order valence-electron chi connectivity index (χ3n) is 2.96. The highest BCUT2D eigenvalue weighted by Crippen LogP contribution is 2.25. The summed E-state index contributed by atoms with van der Waals surface area (Å²) in [6, 6.07) is 11.1. The lowest BCUT2D eigenvalue weighted by Gasteiger charge is -2.07. The van der Waals surface area contributed by atoms with Crippen LogP contribution in [-0.2, 0) is 0 Å². The minimum absolute atomic E-state index is 0.190. The standard InChI is InChI=1S/C16H11F2N3/c17-14-5-1-4-13(16(14)18)11-6-7-15(20-9-11)21-12-3-2-8-19-10-12/h1-10H,(H,20,21). The van der Waals surface area contributed by atoms with Crippen molar-refractivity contribution in [3.8, 4) is 11.1 Å². The summed E-state index contributed by atoms with van der Waals surface area (Å²) in [5.74, 6) is -1.14. The van der Waals surface area contributed by atoms with Gasteiger partial charge in [-0.3, -0.25) is 4.98 Å². The number of nitrogens with one attached hydrogen (secondary N) is 1. The number of aromatic nitrogens is 2. The van der Waals surface area contributed by atoms with Gasteiger partial charge in [-0.25, -0.2) is 13.8 Å². The Kier molecular flexibility index (Phi) is 3.55. The predicted octanol–water partition coefficient (Wildman–Crippen LogP) is 4.17. The highest BCUT2D eigenvalue weighted by molar-refractivity contribution is 5.65. The molecule has 0 unspecified atom stereocenters. The van der Waals surface area contributed by atoms with E-state index in [4.69, 9.17) is 0 Å². The topological polar surface area (TPSA) is 37.8 Å². The van der Waals surface area contributed by atoms with Crippen LogP contribution in [-0.4, -0.2) is 9.97 Å². The molecule has 3 rings (SSSR count). The van der Waals surface area contributed by atoms with Crippen molar-refractivity contribution in [1.82, 2.24) is 9.97 Å². The van der Waals surface area contributed by atoms with Crippen LogP contribution in [0, 0.1) is 11.6 Å². The normalized spacial score (nSPS) is 10.4. The van der Waals surface area contributed by atoms with Gasteiger partial charge in [0.25, 0.3) is 0 Å². The third kappa shape index (κ3) is 2.86. The molecule has 1 N–H and O–H groups in total. The van der Waals surface area contributed by atoms with Crippen molar-refractivity contribution in [1.29, 1.82) is 0 Å². The Bertz CT molecular complexity index is 743. The van der Waals surface area contributed by atoms with Crippen molar-refractivity contribution < 1.29 is 8.78 Å². The Labute approximate surface area is 120 Å². The zero-order valence-electron chi connectivity index (χ0n) is 10.9. The smallest absolute Gasteiger partial charge is 0.166 e. The number of pyridine rings is 2. The quantitative estimate of drug-likeness (QED) is 0.784. The van der Waals surface area contributed by atoms with Gasteiger partial charge in [0, 0.05) is 23.5 Å². The molecular weight excluding hydrogens is 272 g/mol. The SMILES string of the molecule is Fc1cccc(-c2ccc(Nc3cccnc3)nc2)c1F. The number of halogens is 2. The van der Waals surface area contributed by atoms with Crippen LogP contribution in [0.3, 0.4) is 0 Å². The van der Waals surface area contributed by atoms with Crippen molar-refractivity contribution in [2.24, 2.45) is 0 Å². The highest BCUT2D eigenvalue weighted by Gasteiger charge is 2.09. The van der Waals surface area contributed by atoms with Crippen molar-refractivity contribution in [2.45, 2.75) is 0 Å². The summed E-state index contributed by atoms with van der Waals surface area (Å²) in [6.07, 6.45) is 4.84. The number of hydrogen-bond acceptors (Lipinski definition) is 3. The van der Waals surface area contributed by atoms with E-state index < -0.39 is 11.6 Å². The van der Waals surface area contributed by atoms with Gasteiger partial charge < -0.3 is 5.32 Å². The van der Waals surface area contributed by atoms with Crippen molar-refractivity contribution >= 4 is 11.5 Å². The molecule has 0 amide bonds. The highest BCUT2D eigenvalue weighted by atomic mass is 19.2. The Morgan fingerprint density at radius 3 is 2.52 bits per heavy atom. The van der Waals surface area contributed by atoms with Crippen LogP contribution in [0.1, 0.15) is 0 Å². The molecule has 0 spiro atoms. The fourth-order valence-corrected chi connectivity index (χ4v) is 1.94. The molecule has 0 saturated heterocycles. The Hall–Kier alpha value is -2.82. The van der Waals surface area contributed by atoms with Gasteiger partial charge in [0.05, 0.1) is 11.9 Å². The number of anilines is 2. The van der Waals surface area contributed by atoms with Crippen LogP contribution in [0.15, 0.2) is 61.1 Å². The van der Waals surface area contributed by atoms with Gasteiger partial charge in [0.15, 0.2) is 11.6 Å². The Balaban J connectivity index is 1.86. The fraction of sp³-hybridized carbons (Fsp3) is 0. The summed E-state index contributed by atoms with van der Waals surface area (Å²) in [6.45, 7) is 0. The maximum atomic E-state index is 13.7. The molecule has 0 bridgehead atoms. The molecule has 0 saturated carbocycles. The zero-order chi connectivity index (χ0) is 14.7. The summed E-state index contributed by atoms with van der Waals surface area (Å²) in [5.41, 5.74) is 1.51. The first-order chi connectivity index (χ1) is 10.2. The van der Waals surface area contributed by atoms with E-state index in [1.807, 2.05) is 6.07 Å². The molecule has 2 aromatic heterocycles. The van der Waals surface area contributed by atoms with Gasteiger partial charge in [-0.15, -0.1) is 0 Å². The van der Waals surface area contributed by atoms with Crippen LogP contribution in [0.4, 0.5) is 20.3 Å². The minimum atomic E-state index is -0.870. The average molecular weight is 283 g/mol. The van der Waals surface area contributed by atoms with Crippen molar-refractivity contribution in [2.75, 3.05) is 5.32 Å². The van der Waals surface area contributed by atoms with E-state index in [1.54, 1.807) is 30.6 Å². The van der Waals surface area contributed by atoms with Gasteiger partial charge in [-0.1, -0.05) is 12.1 Å². The molecule has 104 valence electrons. The molecule has 1 aromatic carbocycles. The first kappa shape index (κ1) is 13.2. The number of hydrogen-bond donors (Lipinski definition) is 1. The van der Waals surface area contributed by atoms with Gasteiger partial charge >= 0.3 is 0 Å². The lowest BCUT2D eigenvalue weighted by atomic mass is 10.1. The lowest BCUT2D eigenvalue weighted by molar-refractivity contribution is 0.511. The zero-order valence-corrected chi connectivity index (χ0v) is 10.9. The van der Waals surface area contributed by atoms with E-state index in [0.717, 1.165) is 11.8 Å². The molecule has 0 aliphatic carbocycles. The minimum Gasteiger partial charge on any atom is -0.339 e. The molecule has 0 aliphatic heterocycles. The van der Waals surface area contributed by atoms with E-state index in [2.05, 4.69) is 15.3 Å². The van der Waals surface area contributed by atoms with E-state index in [9.17, 15) is 8.78 Å². The Morgan fingerprint density at radius 1 is 0.905 bits per heavy atom. The molecule has 3 aromatic rings.